The molecule has 0 spiro atoms. The fraction of sp³-hybridized carbons (Fsp3) is 0.500. The number of hydrogen-bond acceptors (Lipinski definition) is 5. The van der Waals surface area contributed by atoms with Crippen LogP contribution in [0.3, 0.4) is 0 Å². The topological polar surface area (TPSA) is 101 Å². The Balaban J connectivity index is 0.00000400. The molecule has 7 nitrogen and oxygen atoms in total. The molecule has 0 aliphatic rings. The number of nitro groups is 1. The Hall–Kier alpha value is -1.22. The van der Waals surface area contributed by atoms with E-state index in [1.807, 2.05) is 13.8 Å². The van der Waals surface area contributed by atoms with E-state index in [1.54, 1.807) is 0 Å². The lowest BCUT2D eigenvalue weighted by Crippen LogP contribution is -2.38. The highest BCUT2D eigenvalue weighted by atomic mass is 35.5. The summed E-state index contributed by atoms with van der Waals surface area (Å²) in [5.74, 6) is 0. The first-order valence-electron chi connectivity index (χ1n) is 6.26. The van der Waals surface area contributed by atoms with Crippen molar-refractivity contribution in [2.24, 2.45) is 0 Å². The van der Waals surface area contributed by atoms with Gasteiger partial charge in [0.15, 0.2) is 0 Å². The minimum absolute atomic E-state index is 0. The van der Waals surface area contributed by atoms with Crippen molar-refractivity contribution >= 4 is 28.1 Å². The maximum atomic E-state index is 12.2. The summed E-state index contributed by atoms with van der Waals surface area (Å²) in [5.41, 5.74) is -0.0614. The molecule has 0 saturated carbocycles. The van der Waals surface area contributed by atoms with E-state index in [1.165, 1.54) is 25.1 Å². The van der Waals surface area contributed by atoms with E-state index >= 15 is 0 Å². The van der Waals surface area contributed by atoms with Gasteiger partial charge in [0, 0.05) is 24.2 Å². The summed E-state index contributed by atoms with van der Waals surface area (Å²) in [5, 5.41) is 13.9. The summed E-state index contributed by atoms with van der Waals surface area (Å²) in [7, 11) is -3.75. The van der Waals surface area contributed by atoms with Gasteiger partial charge in [0.1, 0.15) is 0 Å². The molecule has 0 fully saturated rings. The lowest BCUT2D eigenvalue weighted by Gasteiger charge is -2.14. The molecular formula is C12H20ClN3O4S. The van der Waals surface area contributed by atoms with Crippen LogP contribution < -0.4 is 10.0 Å². The Labute approximate surface area is 130 Å². The van der Waals surface area contributed by atoms with Gasteiger partial charge < -0.3 is 5.32 Å². The smallest absolute Gasteiger partial charge is 0.273 e. The van der Waals surface area contributed by atoms with Crippen LogP contribution in [0.15, 0.2) is 23.1 Å². The van der Waals surface area contributed by atoms with Crippen LogP contribution in [0.5, 0.6) is 0 Å². The molecule has 1 atom stereocenters. The second kappa shape index (κ2) is 8.28. The van der Waals surface area contributed by atoms with Gasteiger partial charge in [0.2, 0.25) is 10.0 Å². The zero-order valence-electron chi connectivity index (χ0n) is 12.1. The van der Waals surface area contributed by atoms with Gasteiger partial charge in [-0.2, -0.15) is 0 Å². The summed E-state index contributed by atoms with van der Waals surface area (Å²) in [6, 6.07) is 4.00. The lowest BCUT2D eigenvalue weighted by atomic mass is 10.2. The van der Waals surface area contributed by atoms with E-state index < -0.39 is 14.9 Å². The molecule has 21 heavy (non-hydrogen) atoms. The first kappa shape index (κ1) is 19.8. The molecule has 0 aromatic heterocycles. The molecule has 1 rings (SSSR count). The van der Waals surface area contributed by atoms with Crippen LogP contribution in [0, 0.1) is 17.0 Å². The maximum absolute atomic E-state index is 12.2. The molecule has 0 amide bonds. The molecule has 1 aromatic carbocycles. The third-order valence-electron chi connectivity index (χ3n) is 2.87. The molecule has 1 aromatic rings. The van der Waals surface area contributed by atoms with Crippen LogP contribution in [0.25, 0.3) is 0 Å². The number of rotatable bonds is 7. The summed E-state index contributed by atoms with van der Waals surface area (Å²) in [4.78, 5) is 10.2. The highest BCUT2D eigenvalue weighted by molar-refractivity contribution is 7.89. The van der Waals surface area contributed by atoms with Gasteiger partial charge in [-0.05, 0) is 26.5 Å². The predicted octanol–water partition coefficient (Wildman–Crippen LogP) is 1.60. The van der Waals surface area contributed by atoms with Crippen molar-refractivity contribution in [2.45, 2.75) is 31.7 Å². The van der Waals surface area contributed by atoms with Gasteiger partial charge in [-0.3, -0.25) is 10.1 Å². The van der Waals surface area contributed by atoms with Gasteiger partial charge in [-0.15, -0.1) is 12.4 Å². The fourth-order valence-electron chi connectivity index (χ4n) is 1.82. The Morgan fingerprint density at radius 3 is 2.52 bits per heavy atom. The summed E-state index contributed by atoms with van der Waals surface area (Å²) < 4.78 is 26.8. The first-order chi connectivity index (χ1) is 9.29. The maximum Gasteiger partial charge on any atom is 0.273 e. The quantitative estimate of drug-likeness (QED) is 0.581. The second-order valence-corrected chi connectivity index (χ2v) is 6.20. The van der Waals surface area contributed by atoms with E-state index in [9.17, 15) is 18.5 Å². The molecule has 120 valence electrons. The van der Waals surface area contributed by atoms with Crippen LogP contribution in [-0.2, 0) is 10.0 Å². The van der Waals surface area contributed by atoms with Gasteiger partial charge in [0.25, 0.3) is 5.69 Å². The Kier molecular flexibility index (Phi) is 7.80. The fourth-order valence-corrected chi connectivity index (χ4v) is 3.22. The van der Waals surface area contributed by atoms with Crippen molar-refractivity contribution in [3.05, 3.63) is 33.9 Å². The van der Waals surface area contributed by atoms with Gasteiger partial charge in [0.05, 0.1) is 9.82 Å². The predicted molar refractivity (Wildman–Crippen MR) is 83.4 cm³/mol. The number of nitrogens with zero attached hydrogens (tertiary/aromatic N) is 1. The number of nitrogens with one attached hydrogen (secondary N) is 2. The Morgan fingerprint density at radius 1 is 1.38 bits per heavy atom. The highest BCUT2D eigenvalue weighted by Gasteiger charge is 2.22. The van der Waals surface area contributed by atoms with Crippen molar-refractivity contribution in [3.8, 4) is 0 Å². The molecule has 0 radical (unpaired) electrons. The lowest BCUT2D eigenvalue weighted by molar-refractivity contribution is -0.385. The normalized spacial score (nSPS) is 12.5. The molecule has 9 heteroatoms. The average Bonchev–Trinajstić information content (AvgIpc) is 2.36. The molecular weight excluding hydrogens is 318 g/mol. The average molecular weight is 338 g/mol. The molecule has 2 N–H and O–H groups in total. The van der Waals surface area contributed by atoms with Crippen molar-refractivity contribution in [1.29, 1.82) is 0 Å². The van der Waals surface area contributed by atoms with Gasteiger partial charge in [-0.25, -0.2) is 13.1 Å². The van der Waals surface area contributed by atoms with Crippen LogP contribution >= 0.6 is 12.4 Å². The molecule has 0 heterocycles. The molecule has 0 bridgehead atoms. The SMILES string of the molecule is CCN[C@H](C)CNS(=O)(=O)c1cccc([N+](=O)[O-])c1C.Cl. The summed E-state index contributed by atoms with van der Waals surface area (Å²) in [6.07, 6.45) is 0. The van der Waals surface area contributed by atoms with E-state index in [2.05, 4.69) is 10.0 Å². The monoisotopic (exact) mass is 337 g/mol. The van der Waals surface area contributed by atoms with Crippen molar-refractivity contribution in [2.75, 3.05) is 13.1 Å². The third-order valence-corrected chi connectivity index (χ3v) is 4.44. The second-order valence-electron chi connectivity index (χ2n) is 4.47. The van der Waals surface area contributed by atoms with E-state index in [0.717, 1.165) is 6.54 Å². The summed E-state index contributed by atoms with van der Waals surface area (Å²) in [6.45, 7) is 6.17. The Bertz CT molecular complexity index is 592. The first-order valence-corrected chi connectivity index (χ1v) is 7.75. The van der Waals surface area contributed by atoms with Crippen LogP contribution in [0.2, 0.25) is 0 Å². The third kappa shape index (κ3) is 5.24. The highest BCUT2D eigenvalue weighted by Crippen LogP contribution is 2.24. The largest absolute Gasteiger partial charge is 0.313 e. The van der Waals surface area contributed by atoms with Crippen molar-refractivity contribution in [3.63, 3.8) is 0 Å². The molecule has 0 aliphatic heterocycles. The number of benzene rings is 1. The molecule has 0 unspecified atom stereocenters. The van der Waals surface area contributed by atoms with E-state index in [4.69, 9.17) is 0 Å². The molecule has 0 saturated heterocycles. The summed E-state index contributed by atoms with van der Waals surface area (Å²) >= 11 is 0. The van der Waals surface area contributed by atoms with Crippen LogP contribution in [0.4, 0.5) is 5.69 Å². The van der Waals surface area contributed by atoms with Crippen molar-refractivity contribution in [1.82, 2.24) is 10.0 Å². The minimum atomic E-state index is -3.75. The van der Waals surface area contributed by atoms with Crippen LogP contribution in [0.1, 0.15) is 19.4 Å². The molecule has 0 aliphatic carbocycles. The van der Waals surface area contributed by atoms with Crippen LogP contribution in [-0.4, -0.2) is 32.5 Å². The Morgan fingerprint density at radius 2 is 2.00 bits per heavy atom. The number of hydrogen-bond donors (Lipinski definition) is 2. The number of sulfonamides is 1. The number of halogens is 1. The van der Waals surface area contributed by atoms with E-state index in [0.29, 0.717) is 0 Å². The minimum Gasteiger partial charge on any atom is -0.313 e. The zero-order chi connectivity index (χ0) is 15.3. The van der Waals surface area contributed by atoms with Crippen molar-refractivity contribution < 1.29 is 13.3 Å². The standard InChI is InChI=1S/C12H19N3O4S.ClH/c1-4-13-9(2)8-14-20(18,19)12-7-5-6-11(10(12)3)15(16)17;/h5-7,9,13-14H,4,8H2,1-3H3;1H/t9-;/m1./s1. The number of likely N-dealkylation sites (N-methyl/N-ethyl adjacent to an activating group) is 1. The van der Waals surface area contributed by atoms with Gasteiger partial charge >= 0.3 is 0 Å². The number of nitro benzene ring substituents is 1. The zero-order valence-corrected chi connectivity index (χ0v) is 13.8. The van der Waals surface area contributed by atoms with Gasteiger partial charge in [-0.1, -0.05) is 13.0 Å². The van der Waals surface area contributed by atoms with E-state index in [-0.39, 0.29) is 41.1 Å².